The number of fused-ring (bicyclic) bond motifs is 1. The van der Waals surface area contributed by atoms with E-state index < -0.39 is 29.6 Å². The Morgan fingerprint density at radius 2 is 2.00 bits per heavy atom. The standard InChI is InChI=1S/C31H29BrF2N6O5S/c1-45-30(43)26-24(36-28(29-35-8-11-46-29)37-27(26)21-6-4-18(33)12-22(21)32)16-38-9-10-39-20(14-38)15-40(31(39)44)19-5-2-17(23(34)13-19)3-7-25(41)42/h2,4-6,8,11-13,20,27H,3,7,9-10,14-16H2,1H3,(H,36,37)(H,41,42)/t20-,27-/m0/s1. The lowest BCUT2D eigenvalue weighted by Gasteiger charge is -2.38. The lowest BCUT2D eigenvalue weighted by molar-refractivity contribution is -0.137. The summed E-state index contributed by atoms with van der Waals surface area (Å²) in [5.74, 6) is -2.12. The number of aliphatic imine (C=N–C) groups is 1. The van der Waals surface area contributed by atoms with Gasteiger partial charge in [-0.1, -0.05) is 28.1 Å². The van der Waals surface area contributed by atoms with Crippen molar-refractivity contribution in [2.24, 2.45) is 4.99 Å². The Balaban J connectivity index is 1.25. The van der Waals surface area contributed by atoms with Crippen LogP contribution in [0, 0.1) is 11.6 Å². The van der Waals surface area contributed by atoms with Gasteiger partial charge >= 0.3 is 18.0 Å². The molecule has 2 aromatic carbocycles. The molecule has 2 atom stereocenters. The molecule has 3 aromatic rings. The topological polar surface area (TPSA) is 128 Å². The molecule has 2 N–H and O–H groups in total. The zero-order valence-electron chi connectivity index (χ0n) is 24.6. The number of carbonyl (C=O) groups excluding carboxylic acids is 2. The number of rotatable bonds is 9. The van der Waals surface area contributed by atoms with Gasteiger partial charge in [0.05, 0.1) is 18.7 Å². The average molecular weight is 716 g/mol. The maximum Gasteiger partial charge on any atom is 0.338 e. The van der Waals surface area contributed by atoms with E-state index in [1.807, 2.05) is 5.38 Å². The third-order valence-electron chi connectivity index (χ3n) is 8.20. The number of anilines is 1. The van der Waals surface area contributed by atoms with Crippen molar-refractivity contribution in [3.05, 3.63) is 91.5 Å². The van der Waals surface area contributed by atoms with E-state index in [0.29, 0.717) is 65.0 Å². The molecule has 0 aliphatic carbocycles. The van der Waals surface area contributed by atoms with E-state index in [9.17, 15) is 23.2 Å². The number of nitrogens with one attached hydrogen (secondary N) is 1. The summed E-state index contributed by atoms with van der Waals surface area (Å²) >= 11 is 4.82. The lowest BCUT2D eigenvalue weighted by atomic mass is 9.95. The highest BCUT2D eigenvalue weighted by Gasteiger charge is 2.42. The first-order valence-electron chi connectivity index (χ1n) is 14.4. The second-order valence-corrected chi connectivity index (χ2v) is 12.8. The number of piperazine rings is 1. The number of methoxy groups -OCH3 is 1. The molecule has 11 nitrogen and oxygen atoms in total. The summed E-state index contributed by atoms with van der Waals surface area (Å²) in [6.45, 7) is 2.04. The number of nitrogens with zero attached hydrogens (tertiary/aromatic N) is 5. The molecule has 0 bridgehead atoms. The number of esters is 1. The monoisotopic (exact) mass is 714 g/mol. The molecular weight excluding hydrogens is 686 g/mol. The Morgan fingerprint density at radius 3 is 2.70 bits per heavy atom. The number of aliphatic carboxylic acids is 1. The highest BCUT2D eigenvalue weighted by atomic mass is 79.9. The fourth-order valence-electron chi connectivity index (χ4n) is 5.97. The molecule has 2 saturated heterocycles. The Labute approximate surface area is 275 Å². The van der Waals surface area contributed by atoms with Gasteiger partial charge in [0.2, 0.25) is 0 Å². The molecular formula is C31H29BrF2N6O5S. The minimum absolute atomic E-state index is 0.0600. The van der Waals surface area contributed by atoms with Gasteiger partial charge in [-0.25, -0.2) is 23.4 Å². The molecule has 0 radical (unpaired) electrons. The van der Waals surface area contributed by atoms with Gasteiger partial charge < -0.3 is 20.1 Å². The summed E-state index contributed by atoms with van der Waals surface area (Å²) < 4.78 is 34.5. The molecule has 4 heterocycles. The fraction of sp³-hybridized carbons (Fsp3) is 0.323. The van der Waals surface area contributed by atoms with E-state index in [0.717, 1.165) is 0 Å². The van der Waals surface area contributed by atoms with E-state index in [4.69, 9.17) is 14.8 Å². The summed E-state index contributed by atoms with van der Waals surface area (Å²) in [5.41, 5.74) is 2.10. The maximum atomic E-state index is 14.8. The molecule has 6 rings (SSSR count). The van der Waals surface area contributed by atoms with Crippen molar-refractivity contribution in [1.29, 1.82) is 0 Å². The first-order chi connectivity index (χ1) is 22.1. The van der Waals surface area contributed by atoms with Crippen LogP contribution in [-0.2, 0) is 20.7 Å². The SMILES string of the molecule is COC(=O)C1=C(CN2CCN3C(=O)N(c4ccc(CCC(=O)O)c(F)c4)C[C@@H]3C2)NC(c2nccs2)=N[C@H]1c1ccc(F)cc1Br. The molecule has 0 unspecified atom stereocenters. The van der Waals surface area contributed by atoms with Crippen LogP contribution in [0.1, 0.15) is 28.6 Å². The summed E-state index contributed by atoms with van der Waals surface area (Å²) in [5, 5.41) is 14.7. The number of amidine groups is 1. The van der Waals surface area contributed by atoms with Crippen molar-refractivity contribution in [2.75, 3.05) is 44.7 Å². The number of carbonyl (C=O) groups is 3. The third-order valence-corrected chi connectivity index (χ3v) is 9.66. The van der Waals surface area contributed by atoms with Crippen LogP contribution in [0.25, 0.3) is 0 Å². The van der Waals surface area contributed by atoms with Crippen molar-refractivity contribution in [3.8, 4) is 0 Å². The van der Waals surface area contributed by atoms with Crippen LogP contribution in [0.3, 0.4) is 0 Å². The van der Waals surface area contributed by atoms with Crippen LogP contribution in [0.15, 0.2) is 68.7 Å². The number of carboxylic acids is 1. The fourth-order valence-corrected chi connectivity index (χ4v) is 7.13. The summed E-state index contributed by atoms with van der Waals surface area (Å²) in [7, 11) is 1.29. The first-order valence-corrected chi connectivity index (χ1v) is 16.1. The van der Waals surface area contributed by atoms with Crippen LogP contribution >= 0.6 is 27.3 Å². The zero-order chi connectivity index (χ0) is 32.5. The summed E-state index contributed by atoms with van der Waals surface area (Å²) in [6.07, 6.45) is 1.53. The normalized spacial score (nSPS) is 20.0. The maximum absolute atomic E-state index is 14.8. The quantitative estimate of drug-likeness (QED) is 0.314. The van der Waals surface area contributed by atoms with Crippen molar-refractivity contribution in [2.45, 2.75) is 24.9 Å². The number of amides is 2. The smallest absolute Gasteiger partial charge is 0.338 e. The number of halogens is 3. The molecule has 3 aliphatic heterocycles. The van der Waals surface area contributed by atoms with E-state index in [-0.39, 0.29) is 36.1 Å². The van der Waals surface area contributed by atoms with Crippen molar-refractivity contribution in [3.63, 3.8) is 0 Å². The van der Waals surface area contributed by atoms with Crippen LogP contribution < -0.4 is 10.2 Å². The number of urea groups is 1. The molecule has 1 aromatic heterocycles. The Hall–Kier alpha value is -4.21. The van der Waals surface area contributed by atoms with Gasteiger partial charge in [-0.15, -0.1) is 11.3 Å². The number of ether oxygens (including phenoxy) is 1. The molecule has 3 aliphatic rings. The predicted molar refractivity (Wildman–Crippen MR) is 170 cm³/mol. The number of hydrogen-bond acceptors (Lipinski definition) is 9. The molecule has 46 heavy (non-hydrogen) atoms. The van der Waals surface area contributed by atoms with Gasteiger partial charge in [-0.05, 0) is 41.8 Å². The zero-order valence-corrected chi connectivity index (χ0v) is 27.0. The molecule has 2 fully saturated rings. The molecule has 240 valence electrons. The molecule has 0 saturated carbocycles. The number of aromatic nitrogens is 1. The number of thiazole rings is 1. The molecule has 0 spiro atoms. The summed E-state index contributed by atoms with van der Waals surface area (Å²) in [6, 6.07) is 7.42. The van der Waals surface area contributed by atoms with Crippen LogP contribution in [0.5, 0.6) is 0 Å². The summed E-state index contributed by atoms with van der Waals surface area (Å²) in [4.78, 5) is 52.2. The van der Waals surface area contributed by atoms with Crippen LogP contribution in [0.2, 0.25) is 0 Å². The number of aryl methyl sites for hydroxylation is 1. The van der Waals surface area contributed by atoms with Crippen LogP contribution in [-0.4, -0.2) is 89.6 Å². The van der Waals surface area contributed by atoms with Gasteiger partial charge in [-0.2, -0.15) is 0 Å². The van der Waals surface area contributed by atoms with E-state index >= 15 is 0 Å². The van der Waals surface area contributed by atoms with Crippen LogP contribution in [0.4, 0.5) is 19.3 Å². The van der Waals surface area contributed by atoms with E-state index in [1.165, 1.54) is 47.6 Å². The van der Waals surface area contributed by atoms with E-state index in [1.54, 1.807) is 23.2 Å². The first kappa shape index (κ1) is 31.8. The Morgan fingerprint density at radius 1 is 1.17 bits per heavy atom. The predicted octanol–water partition coefficient (Wildman–Crippen LogP) is 4.35. The van der Waals surface area contributed by atoms with Gasteiger partial charge in [0.15, 0.2) is 10.8 Å². The third kappa shape index (κ3) is 6.39. The van der Waals surface area contributed by atoms with E-state index in [2.05, 4.69) is 31.1 Å². The Kier molecular flexibility index (Phi) is 9.15. The minimum atomic E-state index is -1.01. The van der Waals surface area contributed by atoms with Crippen molar-refractivity contribution < 1.29 is 33.0 Å². The molecule has 2 amide bonds. The van der Waals surface area contributed by atoms with Gasteiger partial charge in [-0.3, -0.25) is 19.6 Å². The number of carboxylic acid groups (broad SMARTS) is 1. The van der Waals surface area contributed by atoms with Gasteiger partial charge in [0.25, 0.3) is 0 Å². The van der Waals surface area contributed by atoms with Crippen molar-refractivity contribution in [1.82, 2.24) is 20.1 Å². The highest BCUT2D eigenvalue weighted by Crippen LogP contribution is 2.37. The van der Waals surface area contributed by atoms with Gasteiger partial charge in [0, 0.05) is 66.6 Å². The van der Waals surface area contributed by atoms with Gasteiger partial charge in [0.1, 0.15) is 17.7 Å². The minimum Gasteiger partial charge on any atom is -0.481 e. The second-order valence-electron chi connectivity index (χ2n) is 11.0. The average Bonchev–Trinajstić information content (AvgIpc) is 3.68. The Bertz CT molecular complexity index is 1750. The largest absolute Gasteiger partial charge is 0.481 e. The van der Waals surface area contributed by atoms with Crippen molar-refractivity contribution >= 4 is 56.8 Å². The number of benzene rings is 2. The molecule has 15 heteroatoms. The lowest BCUT2D eigenvalue weighted by Crippen LogP contribution is -2.53. The second kappa shape index (κ2) is 13.3. The number of hydrogen-bond donors (Lipinski definition) is 2. The highest BCUT2D eigenvalue weighted by molar-refractivity contribution is 9.10.